The molecule has 234 valence electrons. The molecule has 4 aliphatic heterocycles. The summed E-state index contributed by atoms with van der Waals surface area (Å²) >= 11 is 4.63. The number of aliphatic hydroxyl groups is 1. The molecular weight excluding hydrogens is 642 g/mol. The maximum absolute atomic E-state index is 13.3. The molecule has 5 N–H and O–H groups in total. The molecule has 4 fully saturated rings. The van der Waals surface area contributed by atoms with Crippen molar-refractivity contribution in [2.75, 3.05) is 31.3 Å². The molecule has 8 rings (SSSR count). The first-order valence-electron chi connectivity index (χ1n) is 13.3. The number of aliphatic hydroxyl groups excluding tert-OH is 1. The Morgan fingerprint density at radius 1 is 1.00 bits per heavy atom. The Morgan fingerprint density at radius 2 is 1.66 bits per heavy atom. The monoisotopic (exact) mass is 668 g/mol. The zero-order valence-electron chi connectivity index (χ0n) is 22.5. The van der Waals surface area contributed by atoms with E-state index in [9.17, 15) is 9.67 Å². The fourth-order valence-corrected chi connectivity index (χ4v) is 8.44. The van der Waals surface area contributed by atoms with Crippen LogP contribution in [-0.4, -0.2) is 106 Å². The van der Waals surface area contributed by atoms with Gasteiger partial charge in [0.1, 0.15) is 59.8 Å². The van der Waals surface area contributed by atoms with Crippen LogP contribution in [0.1, 0.15) is 12.5 Å². The highest BCUT2D eigenvalue weighted by molar-refractivity contribution is 8.47. The first-order chi connectivity index (χ1) is 21.1. The van der Waals surface area contributed by atoms with E-state index in [4.69, 9.17) is 43.8 Å². The van der Waals surface area contributed by atoms with Gasteiger partial charge in [-0.1, -0.05) is 12.2 Å². The number of ether oxygens (including phenoxy) is 3. The van der Waals surface area contributed by atoms with Gasteiger partial charge in [0.05, 0.1) is 32.5 Å². The topological polar surface area (TPSA) is 241 Å². The second-order valence-electron chi connectivity index (χ2n) is 10.7. The summed E-state index contributed by atoms with van der Waals surface area (Å²) in [6, 6.07) is 0. The molecule has 0 aliphatic carbocycles. The number of nitrogens with two attached hydrogens (primary N) is 2. The van der Waals surface area contributed by atoms with Gasteiger partial charge in [-0.05, 0) is 6.30 Å². The molecular formula is C22H26N10O9P2S. The third-order valence-electron chi connectivity index (χ3n) is 7.99. The van der Waals surface area contributed by atoms with Gasteiger partial charge in [0.2, 0.25) is 0 Å². The van der Waals surface area contributed by atoms with Crippen LogP contribution >= 0.6 is 27.0 Å². The van der Waals surface area contributed by atoms with Crippen LogP contribution in [0.5, 0.6) is 0 Å². The van der Waals surface area contributed by atoms with Gasteiger partial charge in [-0.3, -0.25) is 18.2 Å². The van der Waals surface area contributed by atoms with Crippen molar-refractivity contribution in [3.63, 3.8) is 0 Å². The van der Waals surface area contributed by atoms with E-state index in [0.717, 1.165) is 0 Å². The van der Waals surface area contributed by atoms with Crippen molar-refractivity contribution in [3.05, 3.63) is 25.3 Å². The van der Waals surface area contributed by atoms with Crippen LogP contribution in [0, 0.1) is 0 Å². The number of hydrogen-bond donors (Lipinski definition) is 4. The highest BCUT2D eigenvalue weighted by Gasteiger charge is 2.65. The molecule has 0 radical (unpaired) electrons. The molecule has 0 saturated carbocycles. The molecule has 2 unspecified atom stereocenters. The van der Waals surface area contributed by atoms with Gasteiger partial charge in [-0.15, -0.1) is 0 Å². The van der Waals surface area contributed by atoms with E-state index in [1.807, 2.05) is 0 Å². The van der Waals surface area contributed by atoms with Gasteiger partial charge in [0, 0.05) is 0 Å². The normalized spacial score (nSPS) is 39.2. The van der Waals surface area contributed by atoms with Crippen molar-refractivity contribution in [2.45, 2.75) is 48.6 Å². The number of fused-ring (bicyclic) bond motifs is 4. The summed E-state index contributed by atoms with van der Waals surface area (Å²) in [5.41, 5.74) is 12.1. The Labute approximate surface area is 253 Å². The van der Waals surface area contributed by atoms with Gasteiger partial charge < -0.3 is 44.4 Å². The highest BCUT2D eigenvalue weighted by atomic mass is 32.7. The molecule has 0 amide bonds. The zero-order chi connectivity index (χ0) is 30.4. The smallest absolute Gasteiger partial charge is 0.319 e. The van der Waals surface area contributed by atoms with Gasteiger partial charge in [-0.2, -0.15) is 0 Å². The van der Waals surface area contributed by atoms with Crippen LogP contribution in [0.2, 0.25) is 0 Å². The minimum atomic E-state index is -3.28. The second-order valence-corrected chi connectivity index (χ2v) is 15.2. The maximum atomic E-state index is 13.3. The SMILES string of the molecule is C=P1(S)OC[C@H]2O[C@@H](n3cnc4c(N)ncnc43)[C@H](O[PH](=O)OC[C@@]34CO[C@@H]([C@H](n5cnc6c(N)ncnc65)O3)[C@@H]4O1)[C@@H]2O. The number of rotatable bonds is 2. The molecule has 22 heteroatoms. The van der Waals surface area contributed by atoms with Crippen LogP contribution in [0.4, 0.5) is 11.6 Å². The van der Waals surface area contributed by atoms with Crippen LogP contribution in [0.3, 0.4) is 0 Å². The predicted octanol–water partition coefficient (Wildman–Crippen LogP) is 0.0866. The fraction of sp³-hybridized carbons (Fsp3) is 0.500. The maximum Gasteiger partial charge on any atom is 0.319 e. The zero-order valence-corrected chi connectivity index (χ0v) is 25.3. The van der Waals surface area contributed by atoms with E-state index in [1.165, 1.54) is 29.9 Å². The Kier molecular flexibility index (Phi) is 6.78. The van der Waals surface area contributed by atoms with Crippen LogP contribution in [0.25, 0.3) is 22.3 Å². The molecule has 8 heterocycles. The lowest BCUT2D eigenvalue weighted by Gasteiger charge is -2.32. The van der Waals surface area contributed by atoms with E-state index in [-0.39, 0.29) is 31.5 Å². The van der Waals surface area contributed by atoms with Gasteiger partial charge in [0.15, 0.2) is 41.9 Å². The summed E-state index contributed by atoms with van der Waals surface area (Å²) in [5.74, 6) is 0.361. The molecule has 4 saturated heterocycles. The first-order valence-corrected chi connectivity index (χ1v) is 17.4. The summed E-state index contributed by atoms with van der Waals surface area (Å²) in [7, 11) is -3.28. The van der Waals surface area contributed by atoms with E-state index in [2.05, 4.69) is 48.5 Å². The Balaban J connectivity index is 1.11. The lowest BCUT2D eigenvalue weighted by atomic mass is 10.0. The lowest BCUT2D eigenvalue weighted by Crippen LogP contribution is -2.45. The number of thiol groups is 1. The third kappa shape index (κ3) is 4.48. The Morgan fingerprint density at radius 3 is 2.34 bits per heavy atom. The van der Waals surface area contributed by atoms with Crippen molar-refractivity contribution >= 4 is 67.3 Å². The van der Waals surface area contributed by atoms with Crippen molar-refractivity contribution < 1.29 is 42.0 Å². The lowest BCUT2D eigenvalue weighted by molar-refractivity contribution is -0.182. The summed E-state index contributed by atoms with van der Waals surface area (Å²) in [6.07, 6.45) is 2.82. The van der Waals surface area contributed by atoms with E-state index in [0.29, 0.717) is 22.3 Å². The summed E-state index contributed by atoms with van der Waals surface area (Å²) in [6.45, 7) is -3.60. The predicted molar refractivity (Wildman–Crippen MR) is 156 cm³/mol. The van der Waals surface area contributed by atoms with Crippen molar-refractivity contribution in [3.8, 4) is 0 Å². The van der Waals surface area contributed by atoms with E-state index in [1.54, 1.807) is 4.57 Å². The number of anilines is 2. The average molecular weight is 669 g/mol. The minimum Gasteiger partial charge on any atom is -0.387 e. The fourth-order valence-electron chi connectivity index (χ4n) is 5.92. The number of hydrogen-bond acceptors (Lipinski definition) is 18. The number of aromatic nitrogens is 8. The molecule has 10 atom stereocenters. The first kappa shape index (κ1) is 28.7. The molecule has 0 spiro atoms. The largest absolute Gasteiger partial charge is 0.387 e. The molecule has 4 aliphatic rings. The van der Waals surface area contributed by atoms with Gasteiger partial charge in [-0.25, -0.2) is 29.9 Å². The van der Waals surface area contributed by atoms with Gasteiger partial charge in [0.25, 0.3) is 0 Å². The molecule has 4 aromatic heterocycles. The van der Waals surface area contributed by atoms with Crippen LogP contribution in [-0.2, 0) is 36.9 Å². The Bertz CT molecular complexity index is 1850. The summed E-state index contributed by atoms with van der Waals surface area (Å²) in [5, 5.41) is 11.2. The molecule has 19 nitrogen and oxygen atoms in total. The molecule has 0 aromatic carbocycles. The Hall–Kier alpha value is -2.74. The second kappa shape index (κ2) is 10.4. The third-order valence-corrected chi connectivity index (χ3v) is 10.6. The van der Waals surface area contributed by atoms with Crippen molar-refractivity contribution in [2.24, 2.45) is 0 Å². The summed E-state index contributed by atoms with van der Waals surface area (Å²) < 4.78 is 59.2. The summed E-state index contributed by atoms with van der Waals surface area (Å²) in [4.78, 5) is 25.1. The quantitative estimate of drug-likeness (QED) is 0.163. The van der Waals surface area contributed by atoms with Crippen LogP contribution < -0.4 is 11.5 Å². The number of nitrogen functional groups attached to an aromatic ring is 2. The average Bonchev–Trinajstić information content (AvgIpc) is 3.80. The van der Waals surface area contributed by atoms with E-state index >= 15 is 0 Å². The molecule has 4 bridgehead atoms. The standard InChI is InChI=1S/C22H26N10O9P2S/c1-43(44)37-2-9-12(33)13(20(38-9)31-7-29-10-16(23)25-5-27-18(10)31)40-42(34)36-4-22-3-35-14(15(22)41-43)21(39-22)32-8-30-11-17(24)26-6-28-19(11)32/h5-9,12-15,20-21,33,42,44H,1-4H2,(H2,23,25,27)(H2,24,26,28)/t9-,12-,13-,14-,15+,20-,21-,22-,43?/m1/s1. The number of nitrogens with zero attached hydrogens (tertiary/aromatic N) is 8. The molecule has 44 heavy (non-hydrogen) atoms. The van der Waals surface area contributed by atoms with Gasteiger partial charge >= 0.3 is 8.25 Å². The number of imidazole rings is 2. The van der Waals surface area contributed by atoms with Crippen LogP contribution in [0.15, 0.2) is 25.3 Å². The van der Waals surface area contributed by atoms with Crippen molar-refractivity contribution in [1.82, 2.24) is 39.0 Å². The van der Waals surface area contributed by atoms with E-state index < -0.39 is 63.4 Å². The minimum absolute atomic E-state index is 0.0358. The highest BCUT2D eigenvalue weighted by Crippen LogP contribution is 2.60. The molecule has 4 aromatic rings. The van der Waals surface area contributed by atoms with Crippen molar-refractivity contribution in [1.29, 1.82) is 0 Å².